The average Bonchev–Trinajstić information content (AvgIpc) is 2.96. The number of fused-ring (bicyclic) bond motifs is 2. The van der Waals surface area contributed by atoms with Gasteiger partial charge in [0.25, 0.3) is 0 Å². The largest absolute Gasteiger partial charge is 0.497 e. The smallest absolute Gasteiger partial charge is 0.240 e. The molecule has 0 aliphatic carbocycles. The van der Waals surface area contributed by atoms with Crippen LogP contribution in [0.25, 0.3) is 0 Å². The van der Waals surface area contributed by atoms with Crippen molar-refractivity contribution in [3.8, 4) is 11.5 Å². The highest BCUT2D eigenvalue weighted by Gasteiger charge is 2.42. The zero-order valence-electron chi connectivity index (χ0n) is 16.9. The van der Waals surface area contributed by atoms with Crippen LogP contribution in [0.3, 0.4) is 0 Å². The first kappa shape index (κ1) is 20.2. The highest BCUT2D eigenvalue weighted by atomic mass is 32.2. The van der Waals surface area contributed by atoms with E-state index in [0.717, 1.165) is 49.3 Å². The molecule has 6 nitrogen and oxygen atoms in total. The number of benzene rings is 2. The Morgan fingerprint density at radius 2 is 1.69 bits per heavy atom. The molecular weight excluding hydrogens is 388 g/mol. The molecule has 7 heteroatoms. The molecule has 0 saturated carbocycles. The zero-order valence-corrected chi connectivity index (χ0v) is 17.7. The molecule has 2 fully saturated rings. The van der Waals surface area contributed by atoms with Gasteiger partial charge in [0.1, 0.15) is 11.5 Å². The third kappa shape index (κ3) is 4.27. The number of nitrogens with zero attached hydrogens (tertiary/aromatic N) is 1. The number of hydrogen-bond donors (Lipinski definition) is 1. The molecule has 156 valence electrons. The molecule has 0 spiro atoms. The highest BCUT2D eigenvalue weighted by molar-refractivity contribution is 7.89. The lowest BCUT2D eigenvalue weighted by Crippen LogP contribution is -2.49. The average molecular weight is 417 g/mol. The molecule has 1 N–H and O–H groups in total. The maximum atomic E-state index is 12.7. The minimum atomic E-state index is -3.48. The van der Waals surface area contributed by atoms with Crippen LogP contribution in [-0.4, -0.2) is 45.7 Å². The van der Waals surface area contributed by atoms with Gasteiger partial charge >= 0.3 is 0 Å². The fourth-order valence-electron chi connectivity index (χ4n) is 4.72. The fourth-order valence-corrected chi connectivity index (χ4v) is 6.00. The van der Waals surface area contributed by atoms with E-state index < -0.39 is 10.0 Å². The Hall–Kier alpha value is -2.09. The Morgan fingerprint density at radius 1 is 1.00 bits per heavy atom. The normalized spacial score (nSPS) is 24.4. The van der Waals surface area contributed by atoms with Crippen molar-refractivity contribution in [3.63, 3.8) is 0 Å². The van der Waals surface area contributed by atoms with E-state index in [0.29, 0.717) is 17.0 Å². The van der Waals surface area contributed by atoms with Crippen LogP contribution in [0, 0.1) is 0 Å². The molecule has 29 heavy (non-hydrogen) atoms. The molecule has 2 aromatic carbocycles. The summed E-state index contributed by atoms with van der Waals surface area (Å²) in [7, 11) is -0.129. The summed E-state index contributed by atoms with van der Waals surface area (Å²) in [5.41, 5.74) is 1.10. The van der Waals surface area contributed by atoms with Crippen LogP contribution < -0.4 is 14.2 Å². The van der Waals surface area contributed by atoms with Gasteiger partial charge in [-0.2, -0.15) is 0 Å². The molecule has 0 aromatic heterocycles. The summed E-state index contributed by atoms with van der Waals surface area (Å²) in [5.74, 6) is 1.68. The predicted molar refractivity (Wildman–Crippen MR) is 112 cm³/mol. The molecule has 4 rings (SSSR count). The van der Waals surface area contributed by atoms with Gasteiger partial charge in [-0.3, -0.25) is 4.90 Å². The van der Waals surface area contributed by atoms with Gasteiger partial charge in [-0.25, -0.2) is 13.1 Å². The minimum absolute atomic E-state index is 0.0267. The number of nitrogens with one attached hydrogen (secondary N) is 1. The summed E-state index contributed by atoms with van der Waals surface area (Å²) in [4.78, 5) is 2.83. The molecule has 2 aliphatic rings. The number of hydrogen-bond acceptors (Lipinski definition) is 5. The zero-order chi connectivity index (χ0) is 20.4. The first-order chi connectivity index (χ1) is 14.0. The van der Waals surface area contributed by atoms with Crippen molar-refractivity contribution in [1.29, 1.82) is 0 Å². The van der Waals surface area contributed by atoms with Gasteiger partial charge in [0.05, 0.1) is 19.1 Å². The van der Waals surface area contributed by atoms with Crippen LogP contribution in [0.1, 0.15) is 31.2 Å². The number of ether oxygens (including phenoxy) is 2. The van der Waals surface area contributed by atoms with Crippen molar-refractivity contribution >= 4 is 10.0 Å². The summed E-state index contributed by atoms with van der Waals surface area (Å²) < 4.78 is 39.3. The Morgan fingerprint density at radius 3 is 2.31 bits per heavy atom. The van der Waals surface area contributed by atoms with Crippen molar-refractivity contribution in [3.05, 3.63) is 54.1 Å². The lowest BCUT2D eigenvalue weighted by Gasteiger charge is -2.39. The second kappa shape index (κ2) is 8.34. The van der Waals surface area contributed by atoms with E-state index in [1.54, 1.807) is 38.5 Å². The molecular formula is C22H28N2O4S. The quantitative estimate of drug-likeness (QED) is 0.751. The van der Waals surface area contributed by atoms with E-state index in [-0.39, 0.29) is 6.04 Å². The van der Waals surface area contributed by atoms with Crippen LogP contribution in [0.4, 0.5) is 0 Å². The maximum Gasteiger partial charge on any atom is 0.240 e. The van der Waals surface area contributed by atoms with E-state index in [1.807, 2.05) is 24.3 Å². The van der Waals surface area contributed by atoms with Gasteiger partial charge in [0, 0.05) is 30.2 Å². The van der Waals surface area contributed by atoms with Gasteiger partial charge in [-0.15, -0.1) is 0 Å². The van der Waals surface area contributed by atoms with Crippen LogP contribution in [0.5, 0.6) is 11.5 Å². The molecule has 2 saturated heterocycles. The molecule has 0 amide bonds. The molecule has 2 heterocycles. The van der Waals surface area contributed by atoms with Crippen LogP contribution >= 0.6 is 0 Å². The Labute approximate surface area is 172 Å². The Balaban J connectivity index is 1.46. The van der Waals surface area contributed by atoms with Crippen LogP contribution in [-0.2, 0) is 16.6 Å². The van der Waals surface area contributed by atoms with E-state index in [1.165, 1.54) is 0 Å². The van der Waals surface area contributed by atoms with Gasteiger partial charge in [-0.05, 0) is 56.0 Å². The molecule has 2 aliphatic heterocycles. The minimum Gasteiger partial charge on any atom is -0.497 e. The first-order valence-corrected chi connectivity index (χ1v) is 11.5. The van der Waals surface area contributed by atoms with Gasteiger partial charge in [0.15, 0.2) is 0 Å². The standard InChI is InChI=1S/C22H28N2O4S/c1-27-20-10-11-22(28-2)16(12-20)15-24-18-8-9-19(24)14-17(13-18)23-29(25,26)21-6-4-3-5-7-21/h3-7,10-12,17-19,23H,8-9,13-15H2,1-2H3. The number of piperidine rings is 1. The third-order valence-corrected chi connectivity index (χ3v) is 7.64. The topological polar surface area (TPSA) is 67.9 Å². The predicted octanol–water partition coefficient (Wildman–Crippen LogP) is 3.18. The van der Waals surface area contributed by atoms with Gasteiger partial charge in [-0.1, -0.05) is 18.2 Å². The number of methoxy groups -OCH3 is 2. The highest BCUT2D eigenvalue weighted by Crippen LogP contribution is 2.38. The monoisotopic (exact) mass is 416 g/mol. The molecule has 2 aromatic rings. The summed E-state index contributed by atoms with van der Waals surface area (Å²) >= 11 is 0. The second-order valence-corrected chi connectivity index (χ2v) is 9.55. The van der Waals surface area contributed by atoms with Crippen molar-refractivity contribution in [2.45, 2.75) is 55.2 Å². The molecule has 2 atom stereocenters. The second-order valence-electron chi connectivity index (χ2n) is 7.84. The van der Waals surface area contributed by atoms with Crippen LogP contribution in [0.2, 0.25) is 0 Å². The molecule has 0 radical (unpaired) electrons. The van der Waals surface area contributed by atoms with Crippen molar-refractivity contribution in [1.82, 2.24) is 9.62 Å². The van der Waals surface area contributed by atoms with E-state index in [9.17, 15) is 8.42 Å². The first-order valence-electron chi connectivity index (χ1n) is 10.0. The lowest BCUT2D eigenvalue weighted by atomic mass is 9.97. The maximum absolute atomic E-state index is 12.7. The van der Waals surface area contributed by atoms with Crippen molar-refractivity contribution < 1.29 is 17.9 Å². The Kier molecular flexibility index (Phi) is 5.81. The molecule has 2 unspecified atom stereocenters. The summed E-state index contributed by atoms with van der Waals surface area (Å²) in [5, 5.41) is 0. The third-order valence-electron chi connectivity index (χ3n) is 6.10. The van der Waals surface area contributed by atoms with Crippen LogP contribution in [0.15, 0.2) is 53.4 Å². The van der Waals surface area contributed by atoms with E-state index >= 15 is 0 Å². The van der Waals surface area contributed by atoms with E-state index in [2.05, 4.69) is 9.62 Å². The fraction of sp³-hybridized carbons (Fsp3) is 0.455. The van der Waals surface area contributed by atoms with Gasteiger partial charge in [0.2, 0.25) is 10.0 Å². The summed E-state index contributed by atoms with van der Waals surface area (Å²) in [6.45, 7) is 0.786. The SMILES string of the molecule is COc1ccc(OC)c(CN2C3CCC2CC(NS(=O)(=O)c2ccccc2)C3)c1. The van der Waals surface area contributed by atoms with Gasteiger partial charge < -0.3 is 9.47 Å². The van der Waals surface area contributed by atoms with Crippen molar-refractivity contribution in [2.75, 3.05) is 14.2 Å². The lowest BCUT2D eigenvalue weighted by molar-refractivity contribution is 0.114. The number of sulfonamides is 1. The molecule has 2 bridgehead atoms. The summed E-state index contributed by atoms with van der Waals surface area (Å²) in [6.07, 6.45) is 3.85. The number of rotatable bonds is 7. The summed E-state index contributed by atoms with van der Waals surface area (Å²) in [6, 6.07) is 15.2. The van der Waals surface area contributed by atoms with Crippen molar-refractivity contribution in [2.24, 2.45) is 0 Å². The Bertz CT molecular complexity index is 935. The van der Waals surface area contributed by atoms with E-state index in [4.69, 9.17) is 9.47 Å².